The molecule has 2 rings (SSSR count). The van der Waals surface area contributed by atoms with E-state index in [0.29, 0.717) is 5.41 Å². The first kappa shape index (κ1) is 11.9. The van der Waals surface area contributed by atoms with Gasteiger partial charge in [0.2, 0.25) is 0 Å². The molecule has 0 aromatic carbocycles. The Labute approximate surface area is 102 Å². The molecule has 2 nitrogen and oxygen atoms in total. The van der Waals surface area contributed by atoms with Gasteiger partial charge in [-0.2, -0.15) is 0 Å². The predicted octanol–water partition coefficient (Wildman–Crippen LogP) is 2.19. The second-order valence-corrected chi connectivity index (χ2v) is 5.76. The van der Waals surface area contributed by atoms with Crippen LogP contribution in [0.15, 0.2) is 0 Å². The maximum Gasteiger partial charge on any atom is 0.0110 e. The number of piperazine rings is 1. The topological polar surface area (TPSA) is 6.48 Å². The van der Waals surface area contributed by atoms with E-state index in [1.165, 1.54) is 63.9 Å². The highest BCUT2D eigenvalue weighted by Crippen LogP contribution is 2.43. The lowest BCUT2D eigenvalue weighted by Crippen LogP contribution is -2.51. The van der Waals surface area contributed by atoms with Crippen LogP contribution in [0.1, 0.15) is 26.2 Å². The Balaban J connectivity index is 1.76. The summed E-state index contributed by atoms with van der Waals surface area (Å²) in [6.07, 6.45) is 4.32. The zero-order valence-electron chi connectivity index (χ0n) is 9.84. The van der Waals surface area contributed by atoms with Gasteiger partial charge in [-0.05, 0) is 24.8 Å². The van der Waals surface area contributed by atoms with Gasteiger partial charge in [-0.3, -0.25) is 0 Å². The van der Waals surface area contributed by atoms with E-state index in [0.717, 1.165) is 0 Å². The summed E-state index contributed by atoms with van der Waals surface area (Å²) in [6.45, 7) is 9.92. The molecule has 0 aromatic rings. The van der Waals surface area contributed by atoms with E-state index in [1.807, 2.05) is 0 Å². The Morgan fingerprint density at radius 2 is 1.67 bits per heavy atom. The lowest BCUT2D eigenvalue weighted by Gasteiger charge is -2.46. The van der Waals surface area contributed by atoms with Gasteiger partial charge in [0, 0.05) is 38.1 Å². The Kier molecular flexibility index (Phi) is 4.08. The molecule has 0 radical (unpaired) electrons. The van der Waals surface area contributed by atoms with Gasteiger partial charge in [0.15, 0.2) is 0 Å². The van der Waals surface area contributed by atoms with E-state index in [9.17, 15) is 0 Å². The van der Waals surface area contributed by atoms with Crippen molar-refractivity contribution in [1.29, 1.82) is 0 Å². The summed E-state index contributed by atoms with van der Waals surface area (Å²) in [6, 6.07) is 0. The third-order valence-electron chi connectivity index (χ3n) is 4.17. The van der Waals surface area contributed by atoms with Gasteiger partial charge in [-0.15, -0.1) is 0 Å². The first-order chi connectivity index (χ1) is 7.28. The number of hydrogen-bond donors (Lipinski definition) is 0. The van der Waals surface area contributed by atoms with E-state index in [-0.39, 0.29) is 0 Å². The van der Waals surface area contributed by atoms with Crippen LogP contribution in [-0.4, -0.2) is 54.4 Å². The van der Waals surface area contributed by atoms with Gasteiger partial charge < -0.3 is 9.80 Å². The number of hydrogen-bond acceptors (Lipinski definition) is 2. The van der Waals surface area contributed by atoms with Gasteiger partial charge >= 0.3 is 0 Å². The quantitative estimate of drug-likeness (QED) is 0.726. The van der Waals surface area contributed by atoms with Crippen LogP contribution in [0.25, 0.3) is 0 Å². The SMILES string of the molecule is CCN1CCN(CC2(CBr)CCC2)CC1. The fraction of sp³-hybridized carbons (Fsp3) is 1.00. The summed E-state index contributed by atoms with van der Waals surface area (Å²) in [4.78, 5) is 5.23. The molecular formula is C12H23BrN2. The molecule has 0 N–H and O–H groups in total. The van der Waals surface area contributed by atoms with Crippen molar-refractivity contribution in [2.75, 3.05) is 44.6 Å². The monoisotopic (exact) mass is 274 g/mol. The summed E-state index contributed by atoms with van der Waals surface area (Å²) < 4.78 is 0. The average Bonchev–Trinajstić information content (AvgIpc) is 2.24. The summed E-state index contributed by atoms with van der Waals surface area (Å²) in [7, 11) is 0. The van der Waals surface area contributed by atoms with Crippen LogP contribution in [0.3, 0.4) is 0 Å². The van der Waals surface area contributed by atoms with Crippen LogP contribution < -0.4 is 0 Å². The second-order valence-electron chi connectivity index (χ2n) is 5.20. The smallest absolute Gasteiger partial charge is 0.0110 e. The van der Waals surface area contributed by atoms with E-state index < -0.39 is 0 Å². The Bertz CT molecular complexity index is 190. The van der Waals surface area contributed by atoms with Gasteiger partial charge in [0.1, 0.15) is 0 Å². The van der Waals surface area contributed by atoms with E-state index in [4.69, 9.17) is 0 Å². The molecule has 2 fully saturated rings. The molecule has 3 heteroatoms. The van der Waals surface area contributed by atoms with Crippen LogP contribution >= 0.6 is 15.9 Å². The number of alkyl halides is 1. The molecule has 0 spiro atoms. The normalized spacial score (nSPS) is 27.6. The third-order valence-corrected chi connectivity index (χ3v) is 5.36. The third kappa shape index (κ3) is 2.75. The van der Waals surface area contributed by atoms with Gasteiger partial charge in [0.05, 0.1) is 0 Å². The van der Waals surface area contributed by atoms with E-state index in [2.05, 4.69) is 32.7 Å². The van der Waals surface area contributed by atoms with E-state index in [1.54, 1.807) is 0 Å². The molecule has 0 amide bonds. The summed E-state index contributed by atoms with van der Waals surface area (Å²) >= 11 is 3.70. The van der Waals surface area contributed by atoms with Crippen molar-refractivity contribution in [3.05, 3.63) is 0 Å². The minimum atomic E-state index is 0.633. The highest BCUT2D eigenvalue weighted by Gasteiger charge is 2.37. The predicted molar refractivity (Wildman–Crippen MR) is 68.6 cm³/mol. The van der Waals surface area contributed by atoms with Crippen molar-refractivity contribution in [1.82, 2.24) is 9.80 Å². The number of likely N-dealkylation sites (N-methyl/N-ethyl adjacent to an activating group) is 1. The highest BCUT2D eigenvalue weighted by atomic mass is 79.9. The fourth-order valence-electron chi connectivity index (χ4n) is 2.75. The molecule has 1 aliphatic heterocycles. The van der Waals surface area contributed by atoms with E-state index >= 15 is 0 Å². The van der Waals surface area contributed by atoms with Gasteiger partial charge in [0.25, 0.3) is 0 Å². The summed E-state index contributed by atoms with van der Waals surface area (Å²) in [5, 5.41) is 1.20. The van der Waals surface area contributed by atoms with Crippen molar-refractivity contribution in [2.24, 2.45) is 5.41 Å². The van der Waals surface area contributed by atoms with Crippen molar-refractivity contribution in [3.8, 4) is 0 Å². The number of halogens is 1. The first-order valence-electron chi connectivity index (χ1n) is 6.29. The summed E-state index contributed by atoms with van der Waals surface area (Å²) in [5.74, 6) is 0. The maximum absolute atomic E-state index is 3.70. The molecule has 0 bridgehead atoms. The zero-order chi connectivity index (χ0) is 10.7. The van der Waals surface area contributed by atoms with Crippen LogP contribution in [0.2, 0.25) is 0 Å². The fourth-order valence-corrected chi connectivity index (χ4v) is 3.49. The van der Waals surface area contributed by atoms with Crippen LogP contribution in [0.4, 0.5) is 0 Å². The minimum Gasteiger partial charge on any atom is -0.301 e. The van der Waals surface area contributed by atoms with Crippen LogP contribution in [0, 0.1) is 5.41 Å². The lowest BCUT2D eigenvalue weighted by atomic mass is 9.70. The standard InChI is InChI=1S/C12H23BrN2/c1-2-14-6-8-15(9-7-14)11-12(10-13)4-3-5-12/h2-11H2,1H3. The average molecular weight is 275 g/mol. The molecule has 15 heavy (non-hydrogen) atoms. The highest BCUT2D eigenvalue weighted by molar-refractivity contribution is 9.09. The molecule has 0 aromatic heterocycles. The van der Waals surface area contributed by atoms with Crippen LogP contribution in [-0.2, 0) is 0 Å². The molecule has 1 aliphatic carbocycles. The maximum atomic E-state index is 3.70. The molecule has 2 aliphatic rings. The zero-order valence-corrected chi connectivity index (χ0v) is 11.4. The molecule has 0 unspecified atom stereocenters. The van der Waals surface area contributed by atoms with Crippen molar-refractivity contribution < 1.29 is 0 Å². The molecule has 1 saturated carbocycles. The van der Waals surface area contributed by atoms with Crippen molar-refractivity contribution in [2.45, 2.75) is 26.2 Å². The van der Waals surface area contributed by atoms with Crippen molar-refractivity contribution >= 4 is 15.9 Å². The lowest BCUT2D eigenvalue weighted by molar-refractivity contribution is 0.0559. The summed E-state index contributed by atoms with van der Waals surface area (Å²) in [5.41, 5.74) is 0.633. The largest absolute Gasteiger partial charge is 0.301 e. The Hall–Kier alpha value is 0.400. The number of rotatable bonds is 4. The Morgan fingerprint density at radius 3 is 2.07 bits per heavy atom. The molecule has 1 saturated heterocycles. The molecular weight excluding hydrogens is 252 g/mol. The van der Waals surface area contributed by atoms with Gasteiger partial charge in [-0.25, -0.2) is 0 Å². The van der Waals surface area contributed by atoms with Gasteiger partial charge in [-0.1, -0.05) is 29.3 Å². The molecule has 1 heterocycles. The molecule has 0 atom stereocenters. The second kappa shape index (κ2) is 5.15. The van der Waals surface area contributed by atoms with Crippen molar-refractivity contribution in [3.63, 3.8) is 0 Å². The number of nitrogens with zero attached hydrogens (tertiary/aromatic N) is 2. The first-order valence-corrected chi connectivity index (χ1v) is 7.41. The Morgan fingerprint density at radius 1 is 1.07 bits per heavy atom. The molecule has 88 valence electrons. The minimum absolute atomic E-state index is 0.633. The van der Waals surface area contributed by atoms with Crippen LogP contribution in [0.5, 0.6) is 0 Å².